The van der Waals surface area contributed by atoms with Gasteiger partial charge in [-0.25, -0.2) is 0 Å². The Balaban J connectivity index is 2.02. The lowest BCUT2D eigenvalue weighted by molar-refractivity contribution is -0.145. The number of carbonyl (C=O) groups is 1. The lowest BCUT2D eigenvalue weighted by atomic mass is 10.1. The molecule has 0 radical (unpaired) electrons. The molecule has 1 saturated heterocycles. The van der Waals surface area contributed by atoms with Crippen molar-refractivity contribution in [1.29, 1.82) is 0 Å². The highest BCUT2D eigenvalue weighted by molar-refractivity contribution is 6.37. The van der Waals surface area contributed by atoms with E-state index in [0.717, 1.165) is 0 Å². The third-order valence-electron chi connectivity index (χ3n) is 3.25. The first-order valence-electron chi connectivity index (χ1n) is 6.55. The molecule has 1 aromatic rings. The van der Waals surface area contributed by atoms with Crippen molar-refractivity contribution in [2.75, 3.05) is 26.9 Å². The van der Waals surface area contributed by atoms with Crippen LogP contribution in [0.1, 0.15) is 23.7 Å². The highest BCUT2D eigenvalue weighted by Gasteiger charge is 2.30. The van der Waals surface area contributed by atoms with E-state index in [-0.39, 0.29) is 22.2 Å². The van der Waals surface area contributed by atoms with Gasteiger partial charge in [-0.15, -0.1) is 0 Å². The van der Waals surface area contributed by atoms with Gasteiger partial charge in [0.15, 0.2) is 11.5 Å². The van der Waals surface area contributed by atoms with Crippen molar-refractivity contribution in [2.24, 2.45) is 0 Å². The molecule has 5 nitrogen and oxygen atoms in total. The quantitative estimate of drug-likeness (QED) is 0.900. The summed E-state index contributed by atoms with van der Waals surface area (Å²) in [5, 5.41) is 3.39. The molecule has 1 aliphatic rings. The smallest absolute Gasteiger partial charge is 0.256 e. The van der Waals surface area contributed by atoms with Crippen LogP contribution < -0.4 is 10.1 Å². The van der Waals surface area contributed by atoms with Crippen LogP contribution >= 0.6 is 23.2 Å². The summed E-state index contributed by atoms with van der Waals surface area (Å²) in [5.41, 5.74) is 0.227. The van der Waals surface area contributed by atoms with Gasteiger partial charge in [-0.05, 0) is 19.1 Å². The Labute approximate surface area is 133 Å². The molecular formula is C14H17Cl2NO4. The van der Waals surface area contributed by atoms with Crippen LogP contribution in [0.4, 0.5) is 0 Å². The van der Waals surface area contributed by atoms with Crippen molar-refractivity contribution in [3.8, 4) is 5.75 Å². The number of halogens is 2. The SMILES string of the molecule is COc1c(Cl)ccc(Cl)c1C(=O)NCCC1(C)OCCO1. The van der Waals surface area contributed by atoms with Crippen LogP contribution in [0.5, 0.6) is 5.75 Å². The molecular weight excluding hydrogens is 317 g/mol. The molecule has 0 bridgehead atoms. The third-order valence-corrected chi connectivity index (χ3v) is 3.87. The Kier molecular flexibility index (Phi) is 5.32. The number of hydrogen-bond donors (Lipinski definition) is 1. The van der Waals surface area contributed by atoms with Gasteiger partial charge in [-0.1, -0.05) is 23.2 Å². The number of benzene rings is 1. The molecule has 1 heterocycles. The third kappa shape index (κ3) is 3.80. The zero-order chi connectivity index (χ0) is 15.5. The minimum atomic E-state index is -0.643. The zero-order valence-corrected chi connectivity index (χ0v) is 13.4. The highest BCUT2D eigenvalue weighted by Crippen LogP contribution is 2.33. The summed E-state index contributed by atoms with van der Waals surface area (Å²) in [5.74, 6) is -0.725. The minimum Gasteiger partial charge on any atom is -0.494 e. The molecule has 0 saturated carbocycles. The van der Waals surface area contributed by atoms with Crippen molar-refractivity contribution in [3.63, 3.8) is 0 Å². The van der Waals surface area contributed by atoms with Gasteiger partial charge in [0.1, 0.15) is 5.56 Å². The molecule has 0 aromatic heterocycles. The number of carbonyl (C=O) groups excluding carboxylic acids is 1. The van der Waals surface area contributed by atoms with Gasteiger partial charge in [-0.3, -0.25) is 4.79 Å². The summed E-state index contributed by atoms with van der Waals surface area (Å²) in [6.45, 7) is 3.37. The van der Waals surface area contributed by atoms with E-state index >= 15 is 0 Å². The second-order valence-electron chi connectivity index (χ2n) is 4.77. The van der Waals surface area contributed by atoms with Gasteiger partial charge in [0.2, 0.25) is 0 Å². The first-order valence-corrected chi connectivity index (χ1v) is 7.30. The second-order valence-corrected chi connectivity index (χ2v) is 5.59. The number of ether oxygens (including phenoxy) is 3. The van der Waals surface area contributed by atoms with Crippen LogP contribution in [0.2, 0.25) is 10.0 Å². The van der Waals surface area contributed by atoms with Gasteiger partial charge in [-0.2, -0.15) is 0 Å². The molecule has 2 rings (SSSR count). The Hall–Kier alpha value is -1.01. The van der Waals surface area contributed by atoms with Gasteiger partial charge in [0.05, 0.1) is 30.4 Å². The summed E-state index contributed by atoms with van der Waals surface area (Å²) in [7, 11) is 1.44. The predicted octanol–water partition coefficient (Wildman–Crippen LogP) is 2.88. The van der Waals surface area contributed by atoms with Crippen LogP contribution in [-0.4, -0.2) is 38.6 Å². The van der Waals surface area contributed by atoms with Crippen molar-refractivity contribution >= 4 is 29.1 Å². The first-order chi connectivity index (χ1) is 9.97. The Morgan fingerprint density at radius 3 is 2.57 bits per heavy atom. The average Bonchev–Trinajstić information content (AvgIpc) is 2.87. The molecule has 116 valence electrons. The van der Waals surface area contributed by atoms with Crippen molar-refractivity contribution < 1.29 is 19.0 Å². The van der Waals surface area contributed by atoms with Crippen LogP contribution in [-0.2, 0) is 9.47 Å². The van der Waals surface area contributed by atoms with E-state index in [2.05, 4.69) is 5.32 Å². The maximum atomic E-state index is 12.3. The standard InChI is InChI=1S/C14H17Cl2NO4/c1-14(20-7-8-21-14)5-6-17-13(18)11-9(15)3-4-10(16)12(11)19-2/h3-4H,5-8H2,1-2H3,(H,17,18). The number of rotatable bonds is 5. The summed E-state index contributed by atoms with van der Waals surface area (Å²) in [6, 6.07) is 3.15. The van der Waals surface area contributed by atoms with Gasteiger partial charge < -0.3 is 19.5 Å². The van der Waals surface area contributed by atoms with E-state index in [1.54, 1.807) is 12.1 Å². The lowest BCUT2D eigenvalue weighted by Crippen LogP contribution is -2.33. The van der Waals surface area contributed by atoms with Crippen molar-refractivity contribution in [1.82, 2.24) is 5.32 Å². The van der Waals surface area contributed by atoms with Crippen molar-refractivity contribution in [3.05, 3.63) is 27.7 Å². The van der Waals surface area contributed by atoms with Crippen LogP contribution in [0.3, 0.4) is 0 Å². The number of nitrogens with one attached hydrogen (secondary N) is 1. The molecule has 1 fully saturated rings. The number of amides is 1. The number of hydrogen-bond acceptors (Lipinski definition) is 4. The van der Waals surface area contributed by atoms with Crippen molar-refractivity contribution in [2.45, 2.75) is 19.1 Å². The largest absolute Gasteiger partial charge is 0.494 e. The fraction of sp³-hybridized carbons (Fsp3) is 0.500. The maximum Gasteiger partial charge on any atom is 0.256 e. The number of methoxy groups -OCH3 is 1. The van der Waals surface area contributed by atoms with Crippen LogP contribution in [0, 0.1) is 0 Å². The molecule has 0 unspecified atom stereocenters. The van der Waals surface area contributed by atoms with Crippen LogP contribution in [0.25, 0.3) is 0 Å². The van der Waals surface area contributed by atoms with E-state index in [0.29, 0.717) is 31.2 Å². The van der Waals surface area contributed by atoms with Gasteiger partial charge >= 0.3 is 0 Å². The zero-order valence-electron chi connectivity index (χ0n) is 11.9. The second kappa shape index (κ2) is 6.83. The van der Waals surface area contributed by atoms with Gasteiger partial charge in [0.25, 0.3) is 5.91 Å². The molecule has 1 aromatic carbocycles. The van der Waals surface area contributed by atoms with E-state index in [9.17, 15) is 4.79 Å². The summed E-state index contributed by atoms with van der Waals surface area (Å²) in [6.07, 6.45) is 0.541. The molecule has 1 aliphatic heterocycles. The molecule has 1 amide bonds. The normalized spacial score (nSPS) is 16.8. The molecule has 0 atom stereocenters. The summed E-state index contributed by atoms with van der Waals surface area (Å²) < 4.78 is 16.1. The molecule has 0 aliphatic carbocycles. The van der Waals surface area contributed by atoms with E-state index in [1.807, 2.05) is 6.92 Å². The molecule has 7 heteroatoms. The topological polar surface area (TPSA) is 56.8 Å². The van der Waals surface area contributed by atoms with Gasteiger partial charge in [0, 0.05) is 13.0 Å². The van der Waals surface area contributed by atoms with E-state index in [4.69, 9.17) is 37.4 Å². The monoisotopic (exact) mass is 333 g/mol. The Bertz CT molecular complexity index is 530. The fourth-order valence-electron chi connectivity index (χ4n) is 2.14. The lowest BCUT2D eigenvalue weighted by Gasteiger charge is -2.22. The maximum absolute atomic E-state index is 12.3. The summed E-state index contributed by atoms with van der Waals surface area (Å²) >= 11 is 12.1. The molecule has 1 N–H and O–H groups in total. The fourth-order valence-corrected chi connectivity index (χ4v) is 2.61. The van der Waals surface area contributed by atoms with E-state index in [1.165, 1.54) is 7.11 Å². The molecule has 21 heavy (non-hydrogen) atoms. The summed E-state index contributed by atoms with van der Waals surface area (Å²) in [4.78, 5) is 12.3. The highest BCUT2D eigenvalue weighted by atomic mass is 35.5. The predicted molar refractivity (Wildman–Crippen MR) is 80.3 cm³/mol. The van der Waals surface area contributed by atoms with Crippen LogP contribution in [0.15, 0.2) is 12.1 Å². The Morgan fingerprint density at radius 1 is 1.33 bits per heavy atom. The minimum absolute atomic E-state index is 0.227. The van der Waals surface area contributed by atoms with E-state index < -0.39 is 5.79 Å². The first kappa shape index (κ1) is 16.4. The Morgan fingerprint density at radius 2 is 1.95 bits per heavy atom. The molecule has 0 spiro atoms. The average molecular weight is 334 g/mol.